The van der Waals surface area contributed by atoms with Gasteiger partial charge in [0.15, 0.2) is 0 Å². The molecule has 3 aliphatic rings. The smallest absolute Gasteiger partial charge is 0.0787 e. The summed E-state index contributed by atoms with van der Waals surface area (Å²) in [5, 5.41) is 2.84. The Morgan fingerprint density at radius 2 is 1.41 bits per heavy atom. The summed E-state index contributed by atoms with van der Waals surface area (Å²) >= 11 is 0. The predicted octanol–water partition coefficient (Wildman–Crippen LogP) is 9.10. The molecule has 0 N–H and O–H groups in total. The van der Waals surface area contributed by atoms with Crippen LogP contribution < -0.4 is 0 Å². The lowest BCUT2D eigenvalue weighted by molar-refractivity contribution is 0.698. The summed E-state index contributed by atoms with van der Waals surface area (Å²) in [5.41, 5.74) is 12.6. The molecule has 1 heterocycles. The second-order valence-corrected chi connectivity index (χ2v) is 11.0. The van der Waals surface area contributed by atoms with Crippen molar-refractivity contribution in [3.05, 3.63) is 88.6 Å². The second-order valence-electron chi connectivity index (χ2n) is 11.0. The maximum absolute atomic E-state index is 5.50. The van der Waals surface area contributed by atoms with E-state index in [1.54, 1.807) is 5.56 Å². The van der Waals surface area contributed by atoms with E-state index in [2.05, 4.69) is 67.6 Å². The maximum Gasteiger partial charge on any atom is 0.0787 e. The van der Waals surface area contributed by atoms with Gasteiger partial charge >= 0.3 is 0 Å². The Balaban J connectivity index is 1.50. The van der Waals surface area contributed by atoms with E-state index >= 15 is 0 Å². The normalized spacial score (nSPS) is 18.0. The summed E-state index contributed by atoms with van der Waals surface area (Å²) in [5.74, 6) is 1.33. The molecule has 0 radical (unpaired) electrons. The fourth-order valence-electron chi connectivity index (χ4n) is 7.14. The first-order chi connectivity index (χ1) is 16.8. The molecule has 0 unspecified atom stereocenters. The number of nitrogens with zero attached hydrogens (tertiary/aromatic N) is 1. The predicted molar refractivity (Wildman–Crippen MR) is 143 cm³/mol. The SMILES string of the molecule is Cc1cc2c(c(-c3nc(C4CCCC4)cc4c(C5CCCC5)cccc34)c1)Cc1ccccc1-2. The van der Waals surface area contributed by atoms with Crippen molar-refractivity contribution in [1.82, 2.24) is 4.98 Å². The van der Waals surface area contributed by atoms with Gasteiger partial charge in [0.25, 0.3) is 0 Å². The van der Waals surface area contributed by atoms with Gasteiger partial charge in [-0.15, -0.1) is 0 Å². The summed E-state index contributed by atoms with van der Waals surface area (Å²) in [4.78, 5) is 5.50. The Bertz CT molecular complexity index is 1400. The molecule has 7 rings (SSSR count). The van der Waals surface area contributed by atoms with Gasteiger partial charge in [-0.3, -0.25) is 4.98 Å². The topological polar surface area (TPSA) is 12.9 Å². The number of benzene rings is 3. The van der Waals surface area contributed by atoms with Crippen molar-refractivity contribution < 1.29 is 0 Å². The molecule has 4 aromatic rings. The average molecular weight is 444 g/mol. The molecule has 1 nitrogen and oxygen atoms in total. The van der Waals surface area contributed by atoms with Crippen molar-refractivity contribution in [1.29, 1.82) is 0 Å². The van der Waals surface area contributed by atoms with Crippen molar-refractivity contribution in [2.45, 2.75) is 76.5 Å². The molecule has 1 aromatic heterocycles. The van der Waals surface area contributed by atoms with Crippen molar-refractivity contribution in [2.24, 2.45) is 0 Å². The summed E-state index contributed by atoms with van der Waals surface area (Å²) in [6.45, 7) is 2.25. The minimum absolute atomic E-state index is 0.620. The zero-order valence-corrected chi connectivity index (χ0v) is 20.2. The Kier molecular flexibility index (Phi) is 4.86. The first kappa shape index (κ1) is 20.4. The van der Waals surface area contributed by atoms with Gasteiger partial charge in [-0.1, -0.05) is 74.2 Å². The molecule has 170 valence electrons. The molecule has 3 aliphatic carbocycles. The van der Waals surface area contributed by atoms with Crippen LogP contribution in [-0.4, -0.2) is 4.98 Å². The van der Waals surface area contributed by atoms with Crippen LogP contribution in [0.5, 0.6) is 0 Å². The van der Waals surface area contributed by atoms with Gasteiger partial charge in [0, 0.05) is 22.6 Å². The number of hydrogen-bond acceptors (Lipinski definition) is 1. The lowest BCUT2D eigenvalue weighted by atomic mass is 9.87. The van der Waals surface area contributed by atoms with Gasteiger partial charge in [0.05, 0.1) is 5.69 Å². The molecule has 0 saturated heterocycles. The Morgan fingerprint density at radius 1 is 0.676 bits per heavy atom. The zero-order chi connectivity index (χ0) is 22.6. The van der Waals surface area contributed by atoms with Crippen molar-refractivity contribution in [2.75, 3.05) is 0 Å². The molecule has 3 aromatic carbocycles. The van der Waals surface area contributed by atoms with Crippen LogP contribution >= 0.6 is 0 Å². The fourth-order valence-corrected chi connectivity index (χ4v) is 7.14. The summed E-state index contributed by atoms with van der Waals surface area (Å²) in [7, 11) is 0. The van der Waals surface area contributed by atoms with Crippen LogP contribution in [-0.2, 0) is 6.42 Å². The van der Waals surface area contributed by atoms with Gasteiger partial charge in [-0.05, 0) is 95.8 Å². The standard InChI is InChI=1S/C33H33N/c1-21-17-28-26-14-7-6-13-24(26)19-29(28)31(18-21)33-27-16-8-15-25(22-9-2-3-10-22)30(27)20-32(34-33)23-11-4-5-12-23/h6-8,13-18,20,22-23H,2-5,9-12,19H2,1H3. The largest absolute Gasteiger partial charge is 0.252 e. The van der Waals surface area contributed by atoms with E-state index in [1.165, 1.54) is 107 Å². The molecule has 0 aliphatic heterocycles. The zero-order valence-electron chi connectivity index (χ0n) is 20.2. The first-order valence-electron chi connectivity index (χ1n) is 13.4. The Labute approximate surface area is 203 Å². The maximum atomic E-state index is 5.50. The minimum atomic E-state index is 0.620. The molecule has 0 amide bonds. The van der Waals surface area contributed by atoms with Gasteiger partial charge < -0.3 is 0 Å². The average Bonchev–Trinajstić information content (AvgIpc) is 3.64. The number of fused-ring (bicyclic) bond motifs is 4. The van der Waals surface area contributed by atoms with E-state index in [4.69, 9.17) is 4.98 Å². The Hall–Kier alpha value is -2.93. The van der Waals surface area contributed by atoms with Crippen molar-refractivity contribution in [3.63, 3.8) is 0 Å². The highest BCUT2D eigenvalue weighted by Crippen LogP contribution is 2.46. The number of pyridine rings is 1. The van der Waals surface area contributed by atoms with Crippen LogP contribution in [0.1, 0.15) is 91.2 Å². The molecule has 0 atom stereocenters. The van der Waals surface area contributed by atoms with Crippen molar-refractivity contribution >= 4 is 10.8 Å². The highest BCUT2D eigenvalue weighted by Gasteiger charge is 2.27. The molecule has 34 heavy (non-hydrogen) atoms. The number of hydrogen-bond donors (Lipinski definition) is 0. The monoisotopic (exact) mass is 443 g/mol. The van der Waals surface area contributed by atoms with Crippen LogP contribution in [0, 0.1) is 6.92 Å². The summed E-state index contributed by atoms with van der Waals surface area (Å²) in [6, 6.07) is 23.3. The first-order valence-corrected chi connectivity index (χ1v) is 13.4. The third-order valence-electron chi connectivity index (χ3n) is 8.82. The molecule has 0 bridgehead atoms. The third kappa shape index (κ3) is 3.24. The van der Waals surface area contributed by atoms with Crippen molar-refractivity contribution in [3.8, 4) is 22.4 Å². The lowest BCUT2D eigenvalue weighted by Gasteiger charge is -2.20. The van der Waals surface area contributed by atoms with Gasteiger partial charge in [0.2, 0.25) is 0 Å². The van der Waals surface area contributed by atoms with Gasteiger partial charge in [-0.25, -0.2) is 0 Å². The van der Waals surface area contributed by atoms with E-state index in [0.717, 1.165) is 6.42 Å². The van der Waals surface area contributed by atoms with E-state index in [-0.39, 0.29) is 0 Å². The summed E-state index contributed by atoms with van der Waals surface area (Å²) in [6.07, 6.45) is 11.7. The fraction of sp³-hybridized carbons (Fsp3) is 0.364. The van der Waals surface area contributed by atoms with Crippen LogP contribution in [0.15, 0.2) is 60.7 Å². The van der Waals surface area contributed by atoms with Gasteiger partial charge in [-0.2, -0.15) is 0 Å². The number of rotatable bonds is 3. The molecular formula is C33H33N. The lowest BCUT2D eigenvalue weighted by Crippen LogP contribution is -2.03. The van der Waals surface area contributed by atoms with Gasteiger partial charge in [0.1, 0.15) is 0 Å². The molecule has 2 saturated carbocycles. The van der Waals surface area contributed by atoms with E-state index in [9.17, 15) is 0 Å². The Morgan fingerprint density at radius 3 is 2.24 bits per heavy atom. The minimum Gasteiger partial charge on any atom is -0.252 e. The number of aryl methyl sites for hydroxylation is 1. The van der Waals surface area contributed by atoms with Crippen LogP contribution in [0.3, 0.4) is 0 Å². The van der Waals surface area contributed by atoms with E-state index < -0.39 is 0 Å². The molecule has 0 spiro atoms. The highest BCUT2D eigenvalue weighted by atomic mass is 14.7. The van der Waals surface area contributed by atoms with Crippen LogP contribution in [0.4, 0.5) is 0 Å². The van der Waals surface area contributed by atoms with E-state index in [1.807, 2.05) is 0 Å². The molecular weight excluding hydrogens is 410 g/mol. The quantitative estimate of drug-likeness (QED) is 0.271. The molecule has 1 heteroatoms. The highest BCUT2D eigenvalue weighted by molar-refractivity contribution is 5.99. The van der Waals surface area contributed by atoms with Crippen LogP contribution in [0.2, 0.25) is 0 Å². The number of aromatic nitrogens is 1. The van der Waals surface area contributed by atoms with E-state index in [0.29, 0.717) is 11.8 Å². The molecule has 2 fully saturated rings. The summed E-state index contributed by atoms with van der Waals surface area (Å²) < 4.78 is 0. The second kappa shape index (κ2) is 8.08. The third-order valence-corrected chi connectivity index (χ3v) is 8.82. The van der Waals surface area contributed by atoms with Crippen LogP contribution in [0.25, 0.3) is 33.2 Å².